The fourth-order valence-electron chi connectivity index (χ4n) is 2.79. The van der Waals surface area contributed by atoms with Gasteiger partial charge in [-0.2, -0.15) is 4.98 Å². The van der Waals surface area contributed by atoms with Gasteiger partial charge in [0, 0.05) is 5.92 Å². The predicted molar refractivity (Wildman–Crippen MR) is 85.3 cm³/mol. The molecule has 21 heavy (non-hydrogen) atoms. The zero-order valence-electron chi connectivity index (χ0n) is 13.8. The molecule has 118 valence electrons. The predicted octanol–water partition coefficient (Wildman–Crippen LogP) is 3.40. The summed E-state index contributed by atoms with van der Waals surface area (Å²) in [5.41, 5.74) is 3.54. The van der Waals surface area contributed by atoms with Crippen LogP contribution in [0.25, 0.3) is 0 Å². The van der Waals surface area contributed by atoms with Crippen molar-refractivity contribution in [1.29, 1.82) is 0 Å². The number of hydrogen-bond acceptors (Lipinski definition) is 5. The van der Waals surface area contributed by atoms with E-state index in [0.29, 0.717) is 17.6 Å². The van der Waals surface area contributed by atoms with Crippen molar-refractivity contribution in [2.45, 2.75) is 65.9 Å². The highest BCUT2D eigenvalue weighted by Gasteiger charge is 2.27. The topological polar surface area (TPSA) is 73.1 Å². The number of aromatic nitrogens is 2. The van der Waals surface area contributed by atoms with E-state index in [1.807, 2.05) is 6.92 Å². The summed E-state index contributed by atoms with van der Waals surface area (Å²) in [7, 11) is 0. The Labute approximate surface area is 127 Å². The molecule has 0 aromatic carbocycles. The van der Waals surface area contributed by atoms with Crippen LogP contribution in [0.4, 0.5) is 5.82 Å². The van der Waals surface area contributed by atoms with E-state index in [2.05, 4.69) is 43.1 Å². The SMILES string of the molecule is Cc1c(NN)nc(C(C)C)nc1OC1CCC(C)C(C)C1. The van der Waals surface area contributed by atoms with Crippen molar-refractivity contribution < 1.29 is 4.74 Å². The highest BCUT2D eigenvalue weighted by molar-refractivity contribution is 5.47. The number of anilines is 1. The maximum Gasteiger partial charge on any atom is 0.222 e. The molecule has 1 aromatic heterocycles. The number of nitrogen functional groups attached to an aromatic ring is 1. The van der Waals surface area contributed by atoms with Crippen molar-refractivity contribution in [2.75, 3.05) is 5.43 Å². The second-order valence-electron chi connectivity index (χ2n) is 6.67. The van der Waals surface area contributed by atoms with Crippen LogP contribution < -0.4 is 16.0 Å². The first kappa shape index (κ1) is 16.0. The molecule has 1 heterocycles. The van der Waals surface area contributed by atoms with Crippen LogP contribution in [0.1, 0.15) is 64.3 Å². The molecule has 5 heteroatoms. The number of hydrogen-bond donors (Lipinski definition) is 2. The molecular weight excluding hydrogens is 264 g/mol. The van der Waals surface area contributed by atoms with Crippen LogP contribution in [0.2, 0.25) is 0 Å². The molecular formula is C16H28N4O. The van der Waals surface area contributed by atoms with Crippen LogP contribution >= 0.6 is 0 Å². The van der Waals surface area contributed by atoms with E-state index in [1.54, 1.807) is 0 Å². The second kappa shape index (κ2) is 6.60. The Morgan fingerprint density at radius 3 is 2.48 bits per heavy atom. The van der Waals surface area contributed by atoms with E-state index in [4.69, 9.17) is 10.6 Å². The first-order valence-electron chi connectivity index (χ1n) is 7.94. The molecule has 3 N–H and O–H groups in total. The third-order valence-electron chi connectivity index (χ3n) is 4.60. The Bertz CT molecular complexity index is 489. The summed E-state index contributed by atoms with van der Waals surface area (Å²) in [6.45, 7) is 10.7. The number of hydrazine groups is 1. The van der Waals surface area contributed by atoms with Gasteiger partial charge in [-0.25, -0.2) is 10.8 Å². The fourth-order valence-corrected chi connectivity index (χ4v) is 2.79. The molecule has 5 nitrogen and oxygen atoms in total. The highest BCUT2D eigenvalue weighted by atomic mass is 16.5. The zero-order chi connectivity index (χ0) is 15.6. The van der Waals surface area contributed by atoms with E-state index in [1.165, 1.54) is 6.42 Å². The fraction of sp³-hybridized carbons (Fsp3) is 0.750. The van der Waals surface area contributed by atoms with E-state index >= 15 is 0 Å². The molecule has 0 amide bonds. The van der Waals surface area contributed by atoms with Gasteiger partial charge in [0.05, 0.1) is 5.56 Å². The van der Waals surface area contributed by atoms with Crippen molar-refractivity contribution in [3.05, 3.63) is 11.4 Å². The van der Waals surface area contributed by atoms with Gasteiger partial charge in [0.1, 0.15) is 17.7 Å². The molecule has 3 unspecified atom stereocenters. The number of nitrogens with zero attached hydrogens (tertiary/aromatic N) is 2. The third kappa shape index (κ3) is 3.64. The lowest BCUT2D eigenvalue weighted by Gasteiger charge is -2.32. The summed E-state index contributed by atoms with van der Waals surface area (Å²) < 4.78 is 6.19. The summed E-state index contributed by atoms with van der Waals surface area (Å²) in [4.78, 5) is 9.03. The molecule has 0 bridgehead atoms. The monoisotopic (exact) mass is 292 g/mol. The van der Waals surface area contributed by atoms with Crippen molar-refractivity contribution in [3.63, 3.8) is 0 Å². The lowest BCUT2D eigenvalue weighted by atomic mass is 9.80. The molecule has 1 aliphatic rings. The minimum atomic E-state index is 0.241. The van der Waals surface area contributed by atoms with Crippen LogP contribution in [-0.4, -0.2) is 16.1 Å². The standard InChI is InChI=1S/C16H28N4O/c1-9(2)14-18-15(20-17)12(5)16(19-14)21-13-7-6-10(3)11(4)8-13/h9-11,13H,6-8,17H2,1-5H3,(H,18,19,20). The summed E-state index contributed by atoms with van der Waals surface area (Å²) in [5.74, 6) is 9.38. The Hall–Kier alpha value is -1.36. The van der Waals surface area contributed by atoms with Crippen molar-refractivity contribution in [1.82, 2.24) is 9.97 Å². The molecule has 0 aliphatic heterocycles. The van der Waals surface area contributed by atoms with Gasteiger partial charge in [0.2, 0.25) is 5.88 Å². The number of nitrogens with two attached hydrogens (primary N) is 1. The Morgan fingerprint density at radius 1 is 1.19 bits per heavy atom. The Balaban J connectivity index is 2.20. The van der Waals surface area contributed by atoms with E-state index in [-0.39, 0.29) is 12.0 Å². The molecule has 3 atom stereocenters. The molecule has 0 radical (unpaired) electrons. The lowest BCUT2D eigenvalue weighted by Crippen LogP contribution is -2.29. The normalized spacial score (nSPS) is 26.0. The highest BCUT2D eigenvalue weighted by Crippen LogP contribution is 2.33. The lowest BCUT2D eigenvalue weighted by molar-refractivity contribution is 0.0954. The number of nitrogens with one attached hydrogen (secondary N) is 1. The summed E-state index contributed by atoms with van der Waals surface area (Å²) >= 11 is 0. The Kier molecular flexibility index (Phi) is 5.04. The third-order valence-corrected chi connectivity index (χ3v) is 4.60. The first-order chi connectivity index (χ1) is 9.92. The van der Waals surface area contributed by atoms with Gasteiger partial charge in [-0.1, -0.05) is 27.7 Å². The van der Waals surface area contributed by atoms with Crippen LogP contribution in [0.5, 0.6) is 5.88 Å². The minimum absolute atomic E-state index is 0.241. The zero-order valence-corrected chi connectivity index (χ0v) is 13.8. The average Bonchev–Trinajstić information content (AvgIpc) is 2.44. The van der Waals surface area contributed by atoms with Gasteiger partial charge in [-0.15, -0.1) is 0 Å². The van der Waals surface area contributed by atoms with E-state index in [9.17, 15) is 0 Å². The molecule has 0 spiro atoms. The maximum atomic E-state index is 6.19. The molecule has 1 saturated carbocycles. The summed E-state index contributed by atoms with van der Waals surface area (Å²) in [6.07, 6.45) is 3.65. The molecule has 0 saturated heterocycles. The van der Waals surface area contributed by atoms with Gasteiger partial charge in [-0.3, -0.25) is 0 Å². The van der Waals surface area contributed by atoms with Crippen LogP contribution in [-0.2, 0) is 0 Å². The van der Waals surface area contributed by atoms with Gasteiger partial charge < -0.3 is 10.2 Å². The van der Waals surface area contributed by atoms with Crippen molar-refractivity contribution in [2.24, 2.45) is 17.7 Å². The van der Waals surface area contributed by atoms with Gasteiger partial charge in [0.25, 0.3) is 0 Å². The van der Waals surface area contributed by atoms with Gasteiger partial charge in [-0.05, 0) is 38.0 Å². The Morgan fingerprint density at radius 2 is 1.90 bits per heavy atom. The number of ether oxygens (including phenoxy) is 1. The number of rotatable bonds is 4. The van der Waals surface area contributed by atoms with Gasteiger partial charge >= 0.3 is 0 Å². The van der Waals surface area contributed by atoms with Crippen molar-refractivity contribution >= 4 is 5.82 Å². The summed E-state index contributed by atoms with van der Waals surface area (Å²) in [5, 5.41) is 0. The first-order valence-corrected chi connectivity index (χ1v) is 7.94. The van der Waals surface area contributed by atoms with Crippen LogP contribution in [0.3, 0.4) is 0 Å². The van der Waals surface area contributed by atoms with E-state index in [0.717, 1.165) is 30.1 Å². The molecule has 1 aliphatic carbocycles. The average molecular weight is 292 g/mol. The largest absolute Gasteiger partial charge is 0.474 e. The van der Waals surface area contributed by atoms with Gasteiger partial charge in [0.15, 0.2) is 0 Å². The van der Waals surface area contributed by atoms with Crippen LogP contribution in [0.15, 0.2) is 0 Å². The smallest absolute Gasteiger partial charge is 0.222 e. The van der Waals surface area contributed by atoms with Crippen molar-refractivity contribution in [3.8, 4) is 5.88 Å². The molecule has 1 aromatic rings. The summed E-state index contributed by atoms with van der Waals surface area (Å²) in [6, 6.07) is 0. The van der Waals surface area contributed by atoms with Crippen LogP contribution in [0, 0.1) is 18.8 Å². The molecule has 1 fully saturated rings. The quantitative estimate of drug-likeness (QED) is 0.657. The second-order valence-corrected chi connectivity index (χ2v) is 6.67. The minimum Gasteiger partial charge on any atom is -0.474 e. The van der Waals surface area contributed by atoms with E-state index < -0.39 is 0 Å². The molecule has 2 rings (SSSR count). The maximum absolute atomic E-state index is 6.19.